The molecule has 0 aliphatic carbocycles. The normalized spacial score (nSPS) is 10.7. The van der Waals surface area contributed by atoms with Gasteiger partial charge < -0.3 is 14.0 Å². The van der Waals surface area contributed by atoms with Gasteiger partial charge in [-0.1, -0.05) is 42.5 Å². The third-order valence-electron chi connectivity index (χ3n) is 4.87. The van der Waals surface area contributed by atoms with Gasteiger partial charge in [0.25, 0.3) is 0 Å². The van der Waals surface area contributed by atoms with Crippen LogP contribution in [0.25, 0.3) is 21.8 Å². The fourth-order valence-electron chi connectivity index (χ4n) is 3.53. The Bertz CT molecular complexity index is 1230. The molecule has 0 saturated heterocycles. The number of rotatable bonds is 7. The predicted molar refractivity (Wildman–Crippen MR) is 119 cm³/mol. The molecule has 7 heteroatoms. The van der Waals surface area contributed by atoms with Crippen molar-refractivity contribution in [1.29, 1.82) is 5.41 Å². The second-order valence-electron chi connectivity index (χ2n) is 6.71. The number of halogens is 1. The Hall–Kier alpha value is -3.25. The van der Waals surface area contributed by atoms with Gasteiger partial charge in [-0.15, -0.1) is 12.4 Å². The number of hydrogen-bond acceptors (Lipinski definition) is 4. The molecule has 0 amide bonds. The van der Waals surface area contributed by atoms with Gasteiger partial charge in [-0.25, -0.2) is 0 Å². The van der Waals surface area contributed by atoms with Crippen LogP contribution >= 0.6 is 12.4 Å². The number of hydrogen-bond donors (Lipinski definition) is 1. The van der Waals surface area contributed by atoms with E-state index in [2.05, 4.69) is 12.1 Å². The summed E-state index contributed by atoms with van der Waals surface area (Å²) in [7, 11) is 0. The minimum Gasteiger partial charge on any atom is -0.492 e. The number of fused-ring (bicyclic) bond motifs is 2. The van der Waals surface area contributed by atoms with E-state index in [4.69, 9.17) is 14.9 Å². The monoisotopic (exact) mass is 425 g/mol. The van der Waals surface area contributed by atoms with Crippen molar-refractivity contribution in [2.24, 2.45) is 0 Å². The molecule has 4 rings (SSSR count). The maximum Gasteiger partial charge on any atom is 0.326 e. The van der Waals surface area contributed by atoms with Gasteiger partial charge in [0.05, 0.1) is 24.2 Å². The summed E-state index contributed by atoms with van der Waals surface area (Å²) in [5.41, 5.74) is 1.97. The molecule has 1 aromatic heterocycles. The average molecular weight is 426 g/mol. The van der Waals surface area contributed by atoms with E-state index >= 15 is 0 Å². The molecule has 0 bridgehead atoms. The lowest BCUT2D eigenvalue weighted by molar-refractivity contribution is -0.143. The first-order valence-corrected chi connectivity index (χ1v) is 9.67. The minimum atomic E-state index is -0.346. The highest BCUT2D eigenvalue weighted by Gasteiger charge is 2.13. The maximum atomic E-state index is 12.0. The molecular formula is C23H24ClN3O3. The zero-order valence-electron chi connectivity index (χ0n) is 16.7. The van der Waals surface area contributed by atoms with Crippen molar-refractivity contribution >= 4 is 40.2 Å². The molecule has 3 aromatic carbocycles. The highest BCUT2D eigenvalue weighted by atomic mass is 35.5. The second-order valence-corrected chi connectivity index (χ2v) is 6.71. The number of para-hydroxylation sites is 2. The lowest BCUT2D eigenvalue weighted by atomic mass is 10.1. The van der Waals surface area contributed by atoms with Crippen LogP contribution in [0.15, 0.2) is 66.7 Å². The van der Waals surface area contributed by atoms with E-state index in [9.17, 15) is 4.79 Å². The smallest absolute Gasteiger partial charge is 0.326 e. The van der Waals surface area contributed by atoms with Crippen LogP contribution in [0, 0.1) is 5.41 Å². The molecule has 1 N–H and O–H groups in total. The van der Waals surface area contributed by atoms with E-state index < -0.39 is 0 Å². The molecule has 0 fully saturated rings. The summed E-state index contributed by atoms with van der Waals surface area (Å²) in [6.45, 7) is 3.04. The molecule has 0 saturated carbocycles. The van der Waals surface area contributed by atoms with Crippen LogP contribution in [0.4, 0.5) is 0 Å². The molecule has 0 aliphatic rings. The Morgan fingerprint density at radius 3 is 2.33 bits per heavy atom. The van der Waals surface area contributed by atoms with Crippen LogP contribution in [0.5, 0.6) is 5.75 Å². The van der Waals surface area contributed by atoms with Gasteiger partial charge in [-0.3, -0.25) is 14.8 Å². The van der Waals surface area contributed by atoms with Crippen LogP contribution in [-0.4, -0.2) is 28.3 Å². The summed E-state index contributed by atoms with van der Waals surface area (Å²) in [6.07, 6.45) is 0. The number of benzene rings is 3. The highest BCUT2D eigenvalue weighted by molar-refractivity contribution is 5.85. The molecule has 0 spiro atoms. The minimum absolute atomic E-state index is 0. The highest BCUT2D eigenvalue weighted by Crippen LogP contribution is 2.20. The molecule has 0 unspecified atom stereocenters. The van der Waals surface area contributed by atoms with Crippen LogP contribution in [0.3, 0.4) is 0 Å². The fraction of sp³-hybridized carbons (Fsp3) is 0.217. The number of carbonyl (C=O) groups is 1. The first-order valence-electron chi connectivity index (χ1n) is 9.67. The summed E-state index contributed by atoms with van der Waals surface area (Å²) < 4.78 is 14.5. The largest absolute Gasteiger partial charge is 0.492 e. The van der Waals surface area contributed by atoms with Gasteiger partial charge in [0.2, 0.25) is 5.62 Å². The summed E-state index contributed by atoms with van der Waals surface area (Å²) in [5, 5.41) is 10.9. The van der Waals surface area contributed by atoms with Crippen molar-refractivity contribution in [3.63, 3.8) is 0 Å². The lowest BCUT2D eigenvalue weighted by Gasteiger charge is -2.09. The van der Waals surface area contributed by atoms with Gasteiger partial charge >= 0.3 is 5.97 Å². The van der Waals surface area contributed by atoms with Gasteiger partial charge in [-0.2, -0.15) is 0 Å². The van der Waals surface area contributed by atoms with Crippen LogP contribution in [0.2, 0.25) is 0 Å². The van der Waals surface area contributed by atoms with Crippen molar-refractivity contribution in [2.75, 3.05) is 13.2 Å². The number of imidazole rings is 1. The first kappa shape index (κ1) is 21.5. The van der Waals surface area contributed by atoms with Gasteiger partial charge in [0.15, 0.2) is 0 Å². The Morgan fingerprint density at radius 1 is 0.933 bits per heavy atom. The van der Waals surface area contributed by atoms with Crippen LogP contribution in [0.1, 0.15) is 6.92 Å². The fourth-order valence-corrected chi connectivity index (χ4v) is 3.53. The quantitative estimate of drug-likeness (QED) is 0.452. The SMILES string of the molecule is CCOC(=O)Cn1c(=N)n(CCOc2ccc3ccccc3c2)c2ccccc21.Cl. The number of aromatic nitrogens is 2. The number of ether oxygens (including phenoxy) is 2. The standard InChI is InChI=1S/C23H23N3O3.ClH/c1-2-28-22(27)16-26-21-10-6-5-9-20(21)25(23(26)24)13-14-29-19-12-11-17-7-3-4-8-18(17)15-19;/h3-12,15,24H,2,13-14,16H2,1H3;1H. The number of esters is 1. The number of nitrogens with zero attached hydrogens (tertiary/aromatic N) is 2. The van der Waals surface area contributed by atoms with E-state index in [0.29, 0.717) is 19.8 Å². The summed E-state index contributed by atoms with van der Waals surface area (Å²) in [6, 6.07) is 21.9. The molecule has 6 nitrogen and oxygen atoms in total. The molecule has 156 valence electrons. The lowest BCUT2D eigenvalue weighted by Crippen LogP contribution is -2.29. The van der Waals surface area contributed by atoms with E-state index in [-0.39, 0.29) is 30.5 Å². The van der Waals surface area contributed by atoms with Gasteiger partial charge in [-0.05, 0) is 42.0 Å². The third kappa shape index (κ3) is 4.33. The first-order chi connectivity index (χ1) is 14.2. The summed E-state index contributed by atoms with van der Waals surface area (Å²) in [4.78, 5) is 12.0. The Morgan fingerprint density at radius 2 is 1.60 bits per heavy atom. The Kier molecular flexibility index (Phi) is 6.79. The Balaban J connectivity index is 0.00000256. The maximum absolute atomic E-state index is 12.0. The third-order valence-corrected chi connectivity index (χ3v) is 4.87. The second kappa shape index (κ2) is 9.50. The molecule has 30 heavy (non-hydrogen) atoms. The zero-order valence-corrected chi connectivity index (χ0v) is 17.5. The topological polar surface area (TPSA) is 69.2 Å². The number of carbonyl (C=O) groups excluding carboxylic acids is 1. The van der Waals surface area contributed by atoms with Crippen molar-refractivity contribution in [3.05, 3.63) is 72.3 Å². The van der Waals surface area contributed by atoms with E-state index in [1.54, 1.807) is 11.5 Å². The van der Waals surface area contributed by atoms with E-state index in [1.165, 1.54) is 5.39 Å². The average Bonchev–Trinajstić information content (AvgIpc) is 3.00. The summed E-state index contributed by atoms with van der Waals surface area (Å²) in [5.74, 6) is 0.451. The van der Waals surface area contributed by atoms with Crippen molar-refractivity contribution in [2.45, 2.75) is 20.0 Å². The number of nitrogens with one attached hydrogen (secondary N) is 1. The molecule has 4 aromatic rings. The van der Waals surface area contributed by atoms with Gasteiger partial charge in [0, 0.05) is 0 Å². The van der Waals surface area contributed by atoms with Crippen molar-refractivity contribution in [1.82, 2.24) is 9.13 Å². The molecule has 0 atom stereocenters. The predicted octanol–water partition coefficient (Wildman–Crippen LogP) is 4.14. The van der Waals surface area contributed by atoms with Crippen molar-refractivity contribution < 1.29 is 14.3 Å². The zero-order chi connectivity index (χ0) is 20.2. The van der Waals surface area contributed by atoms with Crippen LogP contribution < -0.4 is 10.4 Å². The van der Waals surface area contributed by atoms with Gasteiger partial charge in [0.1, 0.15) is 18.9 Å². The van der Waals surface area contributed by atoms with Crippen LogP contribution in [-0.2, 0) is 22.6 Å². The molecule has 1 heterocycles. The van der Waals surface area contributed by atoms with E-state index in [0.717, 1.165) is 22.2 Å². The van der Waals surface area contributed by atoms with E-state index in [1.807, 2.05) is 59.2 Å². The molecule has 0 radical (unpaired) electrons. The Labute approximate surface area is 180 Å². The summed E-state index contributed by atoms with van der Waals surface area (Å²) >= 11 is 0. The molecular weight excluding hydrogens is 402 g/mol. The molecule has 0 aliphatic heterocycles. The van der Waals surface area contributed by atoms with Crippen molar-refractivity contribution in [3.8, 4) is 5.75 Å².